The van der Waals surface area contributed by atoms with Crippen molar-refractivity contribution in [3.63, 3.8) is 0 Å². The molecule has 3 nitrogen and oxygen atoms in total. The maximum Gasteiger partial charge on any atom is 0.121 e. The molecular weight excluding hydrogens is 949 g/mol. The molecule has 0 aliphatic heterocycles. The number of benzene rings is 7. The van der Waals surface area contributed by atoms with E-state index in [1.54, 1.807) is 0 Å². The Kier molecular flexibility index (Phi) is 11.6. The van der Waals surface area contributed by atoms with Gasteiger partial charge in [-0.3, -0.25) is 0 Å². The van der Waals surface area contributed by atoms with Crippen molar-refractivity contribution in [1.82, 2.24) is 9.97 Å². The fraction of sp³-hybridized carbons (Fsp3) is 0.158. The Morgan fingerprint density at radius 1 is 0.613 bits per heavy atom. The van der Waals surface area contributed by atoms with Gasteiger partial charge in [0.2, 0.25) is 0 Å². The topological polar surface area (TPSA) is 38.9 Å². The van der Waals surface area contributed by atoms with Crippen LogP contribution in [0.15, 0.2) is 175 Å². The summed E-state index contributed by atoms with van der Waals surface area (Å²) >= 11 is 0. The normalized spacial score (nSPS) is 12.2. The summed E-state index contributed by atoms with van der Waals surface area (Å²) in [6.45, 7) is 15.3. The van der Waals surface area contributed by atoms with Crippen LogP contribution in [0, 0.1) is 12.1 Å². The third-order valence-electron chi connectivity index (χ3n) is 12.0. The predicted octanol–water partition coefficient (Wildman–Crippen LogP) is 15.0. The van der Waals surface area contributed by atoms with E-state index in [-0.39, 0.29) is 25.5 Å². The smallest absolute Gasteiger partial charge is 0.121 e. The van der Waals surface area contributed by atoms with Crippen molar-refractivity contribution >= 4 is 56.7 Å². The van der Waals surface area contributed by atoms with Crippen LogP contribution in [0.4, 0.5) is 0 Å². The van der Waals surface area contributed by atoms with Gasteiger partial charge in [-0.25, -0.2) is 0 Å². The first kappa shape index (κ1) is 41.4. The van der Waals surface area contributed by atoms with Gasteiger partial charge >= 0.3 is 0 Å². The van der Waals surface area contributed by atoms with Gasteiger partial charge < -0.3 is 14.4 Å². The first-order valence-electron chi connectivity index (χ1n) is 21.6. The van der Waals surface area contributed by atoms with E-state index in [4.69, 9.17) is 15.8 Å². The third kappa shape index (κ3) is 8.33. The van der Waals surface area contributed by atoms with Gasteiger partial charge in [0.15, 0.2) is 0 Å². The van der Waals surface area contributed by atoms with Crippen molar-refractivity contribution in [1.29, 1.82) is 0 Å². The van der Waals surface area contributed by atoms with Crippen molar-refractivity contribution in [3.8, 4) is 33.6 Å². The summed E-state index contributed by atoms with van der Waals surface area (Å²) in [6, 6.07) is 61.6. The Labute approximate surface area is 381 Å². The van der Waals surface area contributed by atoms with Crippen LogP contribution < -0.4 is 5.19 Å². The van der Waals surface area contributed by atoms with Crippen molar-refractivity contribution in [2.75, 3.05) is 0 Å². The third-order valence-corrected chi connectivity index (χ3v) is 14.0. The number of aromatic nitrogens is 2. The van der Waals surface area contributed by atoms with E-state index in [0.29, 0.717) is 0 Å². The molecule has 0 bridgehead atoms. The first-order chi connectivity index (χ1) is 29.8. The van der Waals surface area contributed by atoms with Gasteiger partial charge in [0.1, 0.15) is 5.58 Å². The number of nitrogens with zero attached hydrogens (tertiary/aromatic N) is 2. The fourth-order valence-electron chi connectivity index (χ4n) is 8.45. The number of hydrogen-bond donors (Lipinski definition) is 0. The van der Waals surface area contributed by atoms with Crippen LogP contribution in [-0.4, -0.2) is 18.0 Å². The van der Waals surface area contributed by atoms with Gasteiger partial charge in [0, 0.05) is 44.7 Å². The maximum atomic E-state index is 8.61. The number of fused-ring (bicyclic) bond motifs is 6. The Bertz CT molecular complexity index is 3240. The van der Waals surface area contributed by atoms with Crippen LogP contribution in [-0.2, 0) is 25.5 Å². The number of hydrogen-bond acceptors (Lipinski definition) is 3. The molecule has 0 unspecified atom stereocenters. The Morgan fingerprint density at radius 3 is 2.08 bits per heavy atom. The van der Waals surface area contributed by atoms with Gasteiger partial charge in [-0.05, 0) is 78.9 Å². The minimum absolute atomic E-state index is 0. The second-order valence-electron chi connectivity index (χ2n) is 17.7. The Balaban J connectivity index is 0.000000180. The molecule has 62 heavy (non-hydrogen) atoms. The van der Waals surface area contributed by atoms with E-state index in [1.807, 2.05) is 56.6 Å². The van der Waals surface area contributed by atoms with Crippen LogP contribution in [0.2, 0.25) is 19.6 Å². The van der Waals surface area contributed by atoms with E-state index in [0.717, 1.165) is 55.6 Å². The van der Waals surface area contributed by atoms with Gasteiger partial charge in [-0.1, -0.05) is 173 Å². The summed E-state index contributed by atoms with van der Waals surface area (Å²) in [5, 5.41) is 8.38. The van der Waals surface area contributed by atoms with Crippen LogP contribution in [0.5, 0.6) is 0 Å². The Hall–Kier alpha value is -5.97. The molecule has 3 aromatic heterocycles. The summed E-state index contributed by atoms with van der Waals surface area (Å²) in [7, 11) is -1.57. The largest absolute Gasteiger partial charge is 0.501 e. The number of pyridine rings is 2. The summed E-state index contributed by atoms with van der Waals surface area (Å²) in [5.74, 6) is -0.648. The quantitative estimate of drug-likeness (QED) is 0.0907. The van der Waals surface area contributed by atoms with Gasteiger partial charge in [0.05, 0.1) is 13.7 Å². The molecule has 0 saturated heterocycles. The van der Waals surface area contributed by atoms with Crippen LogP contribution in [0.1, 0.15) is 51.7 Å². The van der Waals surface area contributed by atoms with Crippen molar-refractivity contribution in [2.45, 2.75) is 58.6 Å². The van der Waals surface area contributed by atoms with Crippen molar-refractivity contribution in [3.05, 3.63) is 199 Å². The molecule has 0 N–H and O–H groups in total. The Morgan fingerprint density at radius 2 is 1.32 bits per heavy atom. The molecule has 0 aliphatic rings. The number of rotatable bonds is 7. The van der Waals surface area contributed by atoms with E-state index < -0.39 is 14.0 Å². The van der Waals surface area contributed by atoms with Crippen LogP contribution in [0.3, 0.4) is 0 Å². The minimum Gasteiger partial charge on any atom is -0.501 e. The van der Waals surface area contributed by atoms with Crippen LogP contribution in [0.25, 0.3) is 77.1 Å². The van der Waals surface area contributed by atoms with Gasteiger partial charge in [-0.15, -0.1) is 53.6 Å². The fourth-order valence-corrected chi connectivity index (χ4v) is 10.0. The average molecular weight is 1000 g/mol. The molecule has 1 radical (unpaired) electrons. The monoisotopic (exact) mass is 1000 g/mol. The average Bonchev–Trinajstić information content (AvgIpc) is 3.66. The second kappa shape index (κ2) is 17.4. The zero-order valence-electron chi connectivity index (χ0n) is 37.3. The molecule has 0 spiro atoms. The molecule has 3 heterocycles. The molecule has 10 rings (SSSR count). The SMILES string of the molecule is CC(C)(c1ccccc1)c1ccnc(-c2[c-]ccc3c2oc2cc4ccc5ccccc5c4cc23)c1.[2H]C(C)(C)c1cc(-c2[c-]ccc(-c3ccccc3)c2)ncc1[Si](C)(C)C.[Ir]. The molecule has 309 valence electrons. The predicted molar refractivity (Wildman–Crippen MR) is 260 cm³/mol. The van der Waals surface area contributed by atoms with Crippen molar-refractivity contribution in [2.24, 2.45) is 0 Å². The van der Waals surface area contributed by atoms with E-state index in [1.165, 1.54) is 43.4 Å². The standard InChI is InChI=1S/C34H24NO.C23H26NSi.Ir/c1-34(2,24-10-4-3-5-11-24)25-17-18-35-31(20-25)28-14-8-13-27-30-21-29-23(19-32(30)36-33(27)28)16-15-22-9-6-7-12-26(22)29;1-17(2)21-15-22(24-16-23(21)25(3,4)5)20-13-9-12-19(14-20)18-10-7-6-8-11-18;/h3-13,15-21H,1-2H3;6-12,14-17H,1-5H3;/q2*-1;/i;17D;. The van der Waals surface area contributed by atoms with E-state index >= 15 is 0 Å². The molecule has 7 aromatic carbocycles. The maximum absolute atomic E-state index is 8.61. The van der Waals surface area contributed by atoms with Gasteiger partial charge in [0.25, 0.3) is 0 Å². The molecular formula is C57H50IrN2OSi-2. The molecule has 0 aliphatic carbocycles. The summed E-state index contributed by atoms with van der Waals surface area (Å²) in [4.78, 5) is 9.49. The molecule has 0 fully saturated rings. The number of furan rings is 1. The second-order valence-corrected chi connectivity index (χ2v) is 22.7. The van der Waals surface area contributed by atoms with E-state index in [9.17, 15) is 0 Å². The zero-order valence-corrected chi connectivity index (χ0v) is 39.7. The molecule has 0 saturated carbocycles. The van der Waals surface area contributed by atoms with Crippen LogP contribution >= 0.6 is 0 Å². The minimum atomic E-state index is -1.57. The molecule has 0 amide bonds. The molecule has 10 aromatic rings. The molecule has 5 heteroatoms. The summed E-state index contributed by atoms with van der Waals surface area (Å²) in [6.07, 6.45) is 3.89. The van der Waals surface area contributed by atoms with Gasteiger partial charge in [-0.2, -0.15) is 0 Å². The zero-order chi connectivity index (χ0) is 43.2. The summed E-state index contributed by atoms with van der Waals surface area (Å²) < 4.78 is 15.1. The molecule has 0 atom stereocenters. The first-order valence-corrected chi connectivity index (χ1v) is 24.6. The summed E-state index contributed by atoms with van der Waals surface area (Å²) in [5.41, 5.74) is 11.1. The van der Waals surface area contributed by atoms with E-state index in [2.05, 4.69) is 173 Å². The van der Waals surface area contributed by atoms with Crippen molar-refractivity contribution < 1.29 is 25.9 Å².